The van der Waals surface area contributed by atoms with Crippen molar-refractivity contribution in [1.82, 2.24) is 10.6 Å². The summed E-state index contributed by atoms with van der Waals surface area (Å²) in [6.45, 7) is 12.7. The number of ether oxygens (including phenoxy) is 2. The van der Waals surface area contributed by atoms with Crippen LogP contribution in [0.25, 0.3) is 0 Å². The van der Waals surface area contributed by atoms with E-state index in [1.165, 1.54) is 33.4 Å². The molecule has 0 radical (unpaired) electrons. The van der Waals surface area contributed by atoms with Gasteiger partial charge in [-0.2, -0.15) is 0 Å². The molecule has 2 aliphatic rings. The van der Waals surface area contributed by atoms with Crippen molar-refractivity contribution in [3.05, 3.63) is 57.6 Å². The van der Waals surface area contributed by atoms with E-state index in [1.54, 1.807) is 0 Å². The van der Waals surface area contributed by atoms with Crippen LogP contribution in [0.1, 0.15) is 46.2 Å². The fourth-order valence-electron chi connectivity index (χ4n) is 4.68. The van der Waals surface area contributed by atoms with Gasteiger partial charge in [-0.3, -0.25) is 0 Å². The van der Waals surface area contributed by atoms with Gasteiger partial charge in [0.1, 0.15) is 23.7 Å². The molecule has 0 aromatic heterocycles. The molecule has 0 amide bonds. The molecule has 0 saturated carbocycles. The third kappa shape index (κ3) is 4.76. The predicted molar refractivity (Wildman–Crippen MR) is 118 cm³/mol. The fraction of sp³-hybridized carbons (Fsp3) is 0.520. The number of hydrogen-bond donors (Lipinski definition) is 2. The van der Waals surface area contributed by atoms with Crippen molar-refractivity contribution in [2.24, 2.45) is 0 Å². The lowest BCUT2D eigenvalue weighted by Gasteiger charge is -2.19. The average Bonchev–Trinajstić information content (AvgIpc) is 3.35. The zero-order valence-corrected chi connectivity index (χ0v) is 18.2. The molecule has 29 heavy (non-hydrogen) atoms. The molecule has 156 valence electrons. The molecule has 2 aliphatic heterocycles. The van der Waals surface area contributed by atoms with Gasteiger partial charge in [0.05, 0.1) is 0 Å². The Balaban J connectivity index is 1.49. The summed E-state index contributed by atoms with van der Waals surface area (Å²) < 4.78 is 12.6. The van der Waals surface area contributed by atoms with Crippen LogP contribution in [0.5, 0.6) is 11.5 Å². The highest BCUT2D eigenvalue weighted by Gasteiger charge is 2.20. The molecular weight excluding hydrogens is 360 g/mol. The van der Waals surface area contributed by atoms with Gasteiger partial charge >= 0.3 is 0 Å². The number of aryl methyl sites for hydroxylation is 4. The molecule has 2 N–H and O–H groups in total. The highest BCUT2D eigenvalue weighted by molar-refractivity contribution is 5.48. The summed E-state index contributed by atoms with van der Waals surface area (Å²) in [6, 6.07) is 9.13. The topological polar surface area (TPSA) is 42.5 Å². The Labute approximate surface area is 175 Å². The first-order chi connectivity index (χ1) is 14.0. The molecule has 2 aromatic rings. The molecule has 0 spiro atoms. The van der Waals surface area contributed by atoms with Crippen LogP contribution >= 0.6 is 0 Å². The van der Waals surface area contributed by atoms with Crippen LogP contribution in [-0.2, 0) is 6.42 Å². The Morgan fingerprint density at radius 2 is 1.07 bits per heavy atom. The zero-order valence-electron chi connectivity index (χ0n) is 18.2. The van der Waals surface area contributed by atoms with E-state index in [4.69, 9.17) is 9.47 Å². The van der Waals surface area contributed by atoms with Gasteiger partial charge in [0, 0.05) is 13.1 Å². The van der Waals surface area contributed by atoms with Crippen LogP contribution in [0.15, 0.2) is 24.3 Å². The van der Waals surface area contributed by atoms with E-state index in [9.17, 15) is 0 Å². The molecule has 2 fully saturated rings. The molecular formula is C25H34N2O2. The molecule has 4 heteroatoms. The molecule has 4 rings (SSSR count). The van der Waals surface area contributed by atoms with Gasteiger partial charge in [-0.25, -0.2) is 0 Å². The van der Waals surface area contributed by atoms with Gasteiger partial charge < -0.3 is 20.1 Å². The van der Waals surface area contributed by atoms with Crippen molar-refractivity contribution in [1.29, 1.82) is 0 Å². The Hall–Kier alpha value is -2.04. The Morgan fingerprint density at radius 3 is 1.38 bits per heavy atom. The van der Waals surface area contributed by atoms with E-state index in [0.29, 0.717) is 12.2 Å². The molecule has 2 saturated heterocycles. The second kappa shape index (κ2) is 8.76. The molecule has 2 heterocycles. The molecule has 0 bridgehead atoms. The molecule has 0 aliphatic carbocycles. The number of hydrogen-bond acceptors (Lipinski definition) is 4. The van der Waals surface area contributed by atoms with E-state index in [0.717, 1.165) is 56.9 Å². The van der Waals surface area contributed by atoms with Gasteiger partial charge in [-0.15, -0.1) is 0 Å². The Kier molecular flexibility index (Phi) is 6.12. The van der Waals surface area contributed by atoms with Crippen LogP contribution in [-0.4, -0.2) is 38.4 Å². The maximum Gasteiger partial charge on any atom is 0.125 e. The maximum atomic E-state index is 6.28. The lowest BCUT2D eigenvalue weighted by atomic mass is 9.97. The smallest absolute Gasteiger partial charge is 0.125 e. The maximum absolute atomic E-state index is 6.28. The van der Waals surface area contributed by atoms with E-state index in [1.807, 2.05) is 0 Å². The van der Waals surface area contributed by atoms with Gasteiger partial charge in [-0.05, 0) is 93.4 Å². The molecule has 4 nitrogen and oxygen atoms in total. The summed E-state index contributed by atoms with van der Waals surface area (Å²) in [5, 5.41) is 6.75. The third-order valence-corrected chi connectivity index (χ3v) is 6.05. The molecule has 0 unspecified atom stereocenters. The van der Waals surface area contributed by atoms with Crippen LogP contribution in [0, 0.1) is 27.7 Å². The van der Waals surface area contributed by atoms with E-state index in [2.05, 4.69) is 62.6 Å². The average molecular weight is 395 g/mol. The summed E-state index contributed by atoms with van der Waals surface area (Å²) in [4.78, 5) is 0. The largest absolute Gasteiger partial charge is 0.489 e. The standard InChI is InChI=1S/C25H34N2O2/c1-16-9-20(10-17(2)24(16)28-22-5-7-26-14-22)13-21-11-18(3)25(19(4)12-21)29-23-6-8-27-15-23/h9-12,22-23,26-27H,5-8,13-15H2,1-4H3/t22-,23-/m1/s1. The normalized spacial score (nSPS) is 21.5. The minimum Gasteiger partial charge on any atom is -0.489 e. The van der Waals surface area contributed by atoms with Crippen molar-refractivity contribution in [2.45, 2.75) is 59.2 Å². The Bertz CT molecular complexity index is 748. The predicted octanol–water partition coefficient (Wildman–Crippen LogP) is 3.99. The zero-order chi connectivity index (χ0) is 20.4. The van der Waals surface area contributed by atoms with Crippen molar-refractivity contribution in [3.8, 4) is 11.5 Å². The first-order valence-corrected chi connectivity index (χ1v) is 10.9. The van der Waals surface area contributed by atoms with Crippen molar-refractivity contribution < 1.29 is 9.47 Å². The minimum atomic E-state index is 0.297. The Morgan fingerprint density at radius 1 is 0.690 bits per heavy atom. The summed E-state index contributed by atoms with van der Waals surface area (Å²) in [5.74, 6) is 2.12. The first-order valence-electron chi connectivity index (χ1n) is 10.9. The lowest BCUT2D eigenvalue weighted by Crippen LogP contribution is -2.20. The van der Waals surface area contributed by atoms with Crippen molar-refractivity contribution in [2.75, 3.05) is 26.2 Å². The molecule has 2 aromatic carbocycles. The summed E-state index contributed by atoms with van der Waals surface area (Å²) in [5.41, 5.74) is 7.60. The van der Waals surface area contributed by atoms with Gasteiger partial charge in [0.15, 0.2) is 0 Å². The second-order valence-electron chi connectivity index (χ2n) is 8.76. The number of rotatable bonds is 6. The fourth-order valence-corrected chi connectivity index (χ4v) is 4.68. The van der Waals surface area contributed by atoms with Crippen molar-refractivity contribution >= 4 is 0 Å². The van der Waals surface area contributed by atoms with E-state index >= 15 is 0 Å². The number of benzene rings is 2. The summed E-state index contributed by atoms with van der Waals surface area (Å²) >= 11 is 0. The van der Waals surface area contributed by atoms with Crippen LogP contribution in [0.4, 0.5) is 0 Å². The van der Waals surface area contributed by atoms with E-state index in [-0.39, 0.29) is 0 Å². The van der Waals surface area contributed by atoms with Crippen LogP contribution in [0.2, 0.25) is 0 Å². The van der Waals surface area contributed by atoms with Gasteiger partial charge in [0.25, 0.3) is 0 Å². The highest BCUT2D eigenvalue weighted by Crippen LogP contribution is 2.30. The SMILES string of the molecule is Cc1cc(Cc2cc(C)c(O[C@@H]3CCNC3)c(C)c2)cc(C)c1O[C@@H]1CCNC1. The van der Waals surface area contributed by atoms with Crippen LogP contribution in [0.3, 0.4) is 0 Å². The third-order valence-electron chi connectivity index (χ3n) is 6.05. The van der Waals surface area contributed by atoms with E-state index < -0.39 is 0 Å². The first kappa shape index (κ1) is 20.2. The summed E-state index contributed by atoms with van der Waals surface area (Å²) in [7, 11) is 0. The van der Waals surface area contributed by atoms with Gasteiger partial charge in [-0.1, -0.05) is 24.3 Å². The molecule has 2 atom stereocenters. The minimum absolute atomic E-state index is 0.297. The monoisotopic (exact) mass is 394 g/mol. The van der Waals surface area contributed by atoms with Crippen molar-refractivity contribution in [3.63, 3.8) is 0 Å². The second-order valence-corrected chi connectivity index (χ2v) is 8.76. The quantitative estimate of drug-likeness (QED) is 0.777. The lowest BCUT2D eigenvalue weighted by molar-refractivity contribution is 0.220. The summed E-state index contributed by atoms with van der Waals surface area (Å²) in [6.07, 6.45) is 3.70. The van der Waals surface area contributed by atoms with Gasteiger partial charge in [0.2, 0.25) is 0 Å². The number of nitrogens with one attached hydrogen (secondary N) is 2. The van der Waals surface area contributed by atoms with Crippen LogP contribution < -0.4 is 20.1 Å². The highest BCUT2D eigenvalue weighted by atomic mass is 16.5.